The molecule has 0 saturated carbocycles. The lowest BCUT2D eigenvalue weighted by atomic mass is 10.0. The van der Waals surface area contributed by atoms with Crippen molar-refractivity contribution in [1.82, 2.24) is 0 Å². The number of nitrogens with zero attached hydrogens (tertiary/aromatic N) is 1. The molecule has 0 unspecified atom stereocenters. The fourth-order valence-electron chi connectivity index (χ4n) is 3.69. The Bertz CT molecular complexity index is 892. The highest BCUT2D eigenvalue weighted by atomic mass is 31.2. The van der Waals surface area contributed by atoms with Gasteiger partial charge in [0.15, 0.2) is 0 Å². The predicted octanol–water partition coefficient (Wildman–Crippen LogP) is 4.05. The molecule has 2 atom stereocenters. The number of carbonyl (C=O) groups is 1. The first kappa shape index (κ1) is 18.4. The minimum Gasteiger partial charge on any atom is -0.337 e. The molecule has 27 heavy (non-hydrogen) atoms. The number of hydrogen-bond acceptors (Lipinski definition) is 5. The van der Waals surface area contributed by atoms with E-state index >= 15 is 0 Å². The number of fused-ring (bicyclic) bond motifs is 2. The molecule has 1 amide bonds. The molecule has 2 aliphatic rings. The van der Waals surface area contributed by atoms with E-state index in [0.717, 1.165) is 16.8 Å². The molecule has 4 rings (SSSR count). The van der Waals surface area contributed by atoms with Crippen LogP contribution in [-0.4, -0.2) is 25.0 Å². The average molecular weight is 387 g/mol. The molecule has 0 bridgehead atoms. The molecule has 1 spiro atoms. The Morgan fingerprint density at radius 1 is 1.04 bits per heavy atom. The second-order valence-corrected chi connectivity index (χ2v) is 8.54. The van der Waals surface area contributed by atoms with Crippen LogP contribution in [-0.2, 0) is 35.3 Å². The van der Waals surface area contributed by atoms with Crippen molar-refractivity contribution >= 4 is 19.2 Å². The van der Waals surface area contributed by atoms with Gasteiger partial charge in [0.05, 0.1) is 25.4 Å². The summed E-state index contributed by atoms with van der Waals surface area (Å²) in [7, 11) is -3.57. The fourth-order valence-corrected chi connectivity index (χ4v) is 5.74. The van der Waals surface area contributed by atoms with E-state index in [4.69, 9.17) is 13.8 Å². The van der Waals surface area contributed by atoms with Gasteiger partial charge in [-0.1, -0.05) is 48.5 Å². The van der Waals surface area contributed by atoms with Crippen LogP contribution in [0.1, 0.15) is 25.0 Å². The van der Waals surface area contributed by atoms with Crippen LogP contribution in [0, 0.1) is 0 Å². The summed E-state index contributed by atoms with van der Waals surface area (Å²) in [6.45, 7) is 4.34. The third-order valence-corrected chi connectivity index (χ3v) is 7.11. The Kier molecular flexibility index (Phi) is 4.68. The highest BCUT2D eigenvalue weighted by molar-refractivity contribution is 7.55. The summed E-state index contributed by atoms with van der Waals surface area (Å²) in [5.41, 5.74) is 1.21. The summed E-state index contributed by atoms with van der Waals surface area (Å²) in [5.74, 6) is -1.14. The monoisotopic (exact) mass is 387 g/mol. The van der Waals surface area contributed by atoms with Gasteiger partial charge < -0.3 is 18.7 Å². The lowest BCUT2D eigenvalue weighted by molar-refractivity contribution is -0.123. The number of para-hydroxylation sites is 1. The SMILES string of the molecule is CCOP(=O)(OCC)[C@@H]1O[C@]12C(=O)N(Cc1ccccc1)c1ccccc12. The van der Waals surface area contributed by atoms with Gasteiger partial charge >= 0.3 is 7.60 Å². The fraction of sp³-hybridized carbons (Fsp3) is 0.350. The third kappa shape index (κ3) is 2.84. The molecule has 0 aliphatic carbocycles. The lowest BCUT2D eigenvalue weighted by Crippen LogP contribution is -2.33. The molecule has 2 aromatic carbocycles. The van der Waals surface area contributed by atoms with Crippen LogP contribution in [0.4, 0.5) is 5.69 Å². The van der Waals surface area contributed by atoms with E-state index in [1.165, 1.54) is 0 Å². The molecule has 2 aliphatic heterocycles. The summed E-state index contributed by atoms with van der Waals surface area (Å²) in [5, 5.41) is 0. The lowest BCUT2D eigenvalue weighted by Gasteiger charge is -2.18. The standard InChI is InChI=1S/C20H22NO5P/c1-3-24-27(23,25-4-2)19-20(26-19)16-12-8-9-13-17(16)21(18(20)22)14-15-10-6-5-7-11-15/h5-13,19H,3-4,14H2,1-2H3/t19-,20+/m0/s1. The summed E-state index contributed by atoms with van der Waals surface area (Å²) in [6, 6.07) is 17.2. The molecule has 0 aromatic heterocycles. The van der Waals surface area contributed by atoms with E-state index in [1.807, 2.05) is 54.6 Å². The van der Waals surface area contributed by atoms with Gasteiger partial charge in [-0.05, 0) is 25.5 Å². The van der Waals surface area contributed by atoms with Crippen molar-refractivity contribution < 1.29 is 23.1 Å². The maximum atomic E-state index is 13.4. The Morgan fingerprint density at radius 2 is 1.67 bits per heavy atom. The van der Waals surface area contributed by atoms with Crippen LogP contribution < -0.4 is 4.90 Å². The smallest absolute Gasteiger partial charge is 0.337 e. The first-order chi connectivity index (χ1) is 13.1. The predicted molar refractivity (Wildman–Crippen MR) is 101 cm³/mol. The molecule has 2 aromatic rings. The van der Waals surface area contributed by atoms with E-state index in [0.29, 0.717) is 6.54 Å². The van der Waals surface area contributed by atoms with Crippen molar-refractivity contribution in [3.63, 3.8) is 0 Å². The minimum atomic E-state index is -3.57. The molecule has 1 fully saturated rings. The second-order valence-electron chi connectivity index (χ2n) is 6.48. The van der Waals surface area contributed by atoms with Gasteiger partial charge in [-0.3, -0.25) is 9.36 Å². The average Bonchev–Trinajstić information content (AvgIpc) is 3.40. The van der Waals surface area contributed by atoms with Gasteiger partial charge in [0.1, 0.15) is 0 Å². The first-order valence-electron chi connectivity index (χ1n) is 9.09. The summed E-state index contributed by atoms with van der Waals surface area (Å²) < 4.78 is 29.9. The van der Waals surface area contributed by atoms with Crippen LogP contribution in [0.15, 0.2) is 54.6 Å². The molecular weight excluding hydrogens is 365 g/mol. The van der Waals surface area contributed by atoms with Crippen LogP contribution in [0.2, 0.25) is 0 Å². The Labute approximate surface area is 158 Å². The Morgan fingerprint density at radius 3 is 2.33 bits per heavy atom. The van der Waals surface area contributed by atoms with E-state index in [1.54, 1.807) is 18.7 Å². The highest BCUT2D eigenvalue weighted by Gasteiger charge is 2.76. The molecule has 1 saturated heterocycles. The number of anilines is 1. The quantitative estimate of drug-likeness (QED) is 0.530. The van der Waals surface area contributed by atoms with Crippen LogP contribution in [0.5, 0.6) is 0 Å². The van der Waals surface area contributed by atoms with Gasteiger partial charge in [0.2, 0.25) is 11.4 Å². The number of rotatable bonds is 7. The molecule has 6 nitrogen and oxygen atoms in total. The summed E-state index contributed by atoms with van der Waals surface area (Å²) in [6.07, 6.45) is 0. The number of epoxide rings is 1. The number of benzene rings is 2. The number of carbonyl (C=O) groups excluding carboxylic acids is 1. The summed E-state index contributed by atoms with van der Waals surface area (Å²) in [4.78, 5) is 15.1. The molecule has 0 N–H and O–H groups in total. The third-order valence-electron chi connectivity index (χ3n) is 4.83. The van der Waals surface area contributed by atoms with E-state index in [2.05, 4.69) is 0 Å². The largest absolute Gasteiger partial charge is 0.363 e. The maximum absolute atomic E-state index is 13.4. The van der Waals surface area contributed by atoms with Crippen LogP contribution in [0.25, 0.3) is 0 Å². The molecule has 142 valence electrons. The molecule has 7 heteroatoms. The zero-order chi connectivity index (χ0) is 19.1. The van der Waals surface area contributed by atoms with Gasteiger partial charge in [0.25, 0.3) is 5.91 Å². The zero-order valence-electron chi connectivity index (χ0n) is 15.3. The van der Waals surface area contributed by atoms with E-state index in [9.17, 15) is 9.36 Å². The molecular formula is C20H22NO5P. The summed E-state index contributed by atoms with van der Waals surface area (Å²) >= 11 is 0. The van der Waals surface area contributed by atoms with Crippen molar-refractivity contribution in [2.45, 2.75) is 31.8 Å². The van der Waals surface area contributed by atoms with E-state index < -0.39 is 19.0 Å². The van der Waals surface area contributed by atoms with Crippen molar-refractivity contribution in [3.8, 4) is 0 Å². The molecule has 0 radical (unpaired) electrons. The zero-order valence-corrected chi connectivity index (χ0v) is 16.2. The van der Waals surface area contributed by atoms with Gasteiger partial charge in [-0.15, -0.1) is 0 Å². The number of hydrogen-bond donors (Lipinski definition) is 0. The second kappa shape index (κ2) is 6.88. The normalized spacial score (nSPS) is 23.7. The van der Waals surface area contributed by atoms with Crippen LogP contribution in [0.3, 0.4) is 0 Å². The van der Waals surface area contributed by atoms with Crippen LogP contribution >= 0.6 is 7.60 Å². The van der Waals surface area contributed by atoms with Crippen molar-refractivity contribution in [1.29, 1.82) is 0 Å². The number of ether oxygens (including phenoxy) is 1. The van der Waals surface area contributed by atoms with Gasteiger partial charge in [-0.2, -0.15) is 0 Å². The van der Waals surface area contributed by atoms with Gasteiger partial charge in [-0.25, -0.2) is 0 Å². The van der Waals surface area contributed by atoms with Gasteiger partial charge in [0, 0.05) is 5.56 Å². The minimum absolute atomic E-state index is 0.219. The Hall–Kier alpha value is -1.98. The van der Waals surface area contributed by atoms with Crippen molar-refractivity contribution in [3.05, 3.63) is 65.7 Å². The maximum Gasteiger partial charge on any atom is 0.363 e. The molecule has 2 heterocycles. The topological polar surface area (TPSA) is 68.4 Å². The first-order valence-corrected chi connectivity index (χ1v) is 10.7. The number of amides is 1. The van der Waals surface area contributed by atoms with Crippen molar-refractivity contribution in [2.75, 3.05) is 18.1 Å². The highest BCUT2D eigenvalue weighted by Crippen LogP contribution is 2.72. The van der Waals surface area contributed by atoms with E-state index in [-0.39, 0.29) is 19.1 Å². The van der Waals surface area contributed by atoms with Crippen molar-refractivity contribution in [2.24, 2.45) is 0 Å². The Balaban J connectivity index is 1.71.